The van der Waals surface area contributed by atoms with Gasteiger partial charge in [-0.2, -0.15) is 0 Å². The molecule has 0 heterocycles. The van der Waals surface area contributed by atoms with Gasteiger partial charge in [0.25, 0.3) is 0 Å². The number of rotatable bonds is 9. The molecule has 0 aliphatic heterocycles. The average Bonchev–Trinajstić information content (AvgIpc) is 2.37. The third-order valence-corrected chi connectivity index (χ3v) is 6.49. The Morgan fingerprint density at radius 2 is 1.50 bits per heavy atom. The molecule has 22 heavy (non-hydrogen) atoms. The van der Waals surface area contributed by atoms with E-state index in [-0.39, 0.29) is 12.2 Å². The second kappa shape index (κ2) is 8.22. The van der Waals surface area contributed by atoms with Gasteiger partial charge in [0.05, 0.1) is 5.60 Å². The van der Waals surface area contributed by atoms with Crippen LogP contribution in [0.5, 0.6) is 0 Å². The summed E-state index contributed by atoms with van der Waals surface area (Å²) >= 11 is 0. The van der Waals surface area contributed by atoms with E-state index >= 15 is 0 Å². The van der Waals surface area contributed by atoms with Gasteiger partial charge in [-0.3, -0.25) is 0 Å². The SMILES string of the molecule is CC(C)O[Si](OC(C)C)(OC(C)(C)CCN)c1ccccc1. The molecule has 0 saturated heterocycles. The molecular formula is C17H31NO3Si. The van der Waals surface area contributed by atoms with Gasteiger partial charge in [0, 0.05) is 17.4 Å². The molecule has 1 rings (SSSR count). The van der Waals surface area contributed by atoms with Crippen LogP contribution in [0.4, 0.5) is 0 Å². The summed E-state index contributed by atoms with van der Waals surface area (Å²) < 4.78 is 19.0. The number of benzene rings is 1. The van der Waals surface area contributed by atoms with Crippen molar-refractivity contribution in [2.24, 2.45) is 5.73 Å². The van der Waals surface area contributed by atoms with Crippen LogP contribution in [0.15, 0.2) is 30.3 Å². The molecule has 126 valence electrons. The van der Waals surface area contributed by atoms with E-state index in [0.29, 0.717) is 6.54 Å². The predicted molar refractivity (Wildman–Crippen MR) is 93.1 cm³/mol. The van der Waals surface area contributed by atoms with E-state index in [1.165, 1.54) is 0 Å². The molecule has 0 aliphatic rings. The highest BCUT2D eigenvalue weighted by atomic mass is 28.4. The lowest BCUT2D eigenvalue weighted by Crippen LogP contribution is -2.62. The minimum Gasteiger partial charge on any atom is -0.367 e. The molecule has 1 aromatic rings. The van der Waals surface area contributed by atoms with E-state index in [4.69, 9.17) is 19.0 Å². The zero-order chi connectivity index (χ0) is 16.8. The van der Waals surface area contributed by atoms with Gasteiger partial charge in [0.1, 0.15) is 0 Å². The number of nitrogens with two attached hydrogens (primary N) is 1. The van der Waals surface area contributed by atoms with Crippen LogP contribution in [0.2, 0.25) is 0 Å². The summed E-state index contributed by atoms with van der Waals surface area (Å²) in [5.41, 5.74) is 5.33. The Labute approximate surface area is 136 Å². The van der Waals surface area contributed by atoms with Crippen molar-refractivity contribution in [1.82, 2.24) is 0 Å². The monoisotopic (exact) mass is 325 g/mol. The Hall–Kier alpha value is -0.723. The summed E-state index contributed by atoms with van der Waals surface area (Å²) in [6.45, 7) is 12.7. The van der Waals surface area contributed by atoms with E-state index in [2.05, 4.69) is 0 Å². The lowest BCUT2D eigenvalue weighted by molar-refractivity contribution is -0.0290. The summed E-state index contributed by atoms with van der Waals surface area (Å²) in [6, 6.07) is 10.0. The minimum absolute atomic E-state index is 0.0132. The predicted octanol–water partition coefficient (Wildman–Crippen LogP) is 2.83. The fourth-order valence-electron chi connectivity index (χ4n) is 2.30. The first-order chi connectivity index (χ1) is 10.2. The molecular weight excluding hydrogens is 294 g/mol. The summed E-state index contributed by atoms with van der Waals surface area (Å²) in [6.07, 6.45) is 0.774. The minimum atomic E-state index is -3.03. The standard InChI is InChI=1S/C17H31NO3Si/c1-14(2)19-22(20-15(3)4,16-10-8-7-9-11-16)21-17(5,6)12-13-18/h7-11,14-15H,12-13,18H2,1-6H3. The molecule has 0 fully saturated rings. The average molecular weight is 326 g/mol. The number of hydrogen-bond acceptors (Lipinski definition) is 4. The van der Waals surface area contributed by atoms with E-state index < -0.39 is 14.4 Å². The third kappa shape index (κ3) is 5.82. The maximum absolute atomic E-state index is 6.49. The lowest BCUT2D eigenvalue weighted by atomic mass is 10.1. The van der Waals surface area contributed by atoms with Gasteiger partial charge in [-0.05, 0) is 54.5 Å². The van der Waals surface area contributed by atoms with Crippen molar-refractivity contribution in [3.8, 4) is 0 Å². The van der Waals surface area contributed by atoms with Crippen molar-refractivity contribution in [3.63, 3.8) is 0 Å². The van der Waals surface area contributed by atoms with E-state index in [9.17, 15) is 0 Å². The quantitative estimate of drug-likeness (QED) is 0.709. The van der Waals surface area contributed by atoms with Gasteiger partial charge in [-0.1, -0.05) is 30.3 Å². The van der Waals surface area contributed by atoms with Gasteiger partial charge in [0.15, 0.2) is 0 Å². The molecule has 0 atom stereocenters. The van der Waals surface area contributed by atoms with Gasteiger partial charge >= 0.3 is 8.80 Å². The maximum Gasteiger partial charge on any atom is 0.538 e. The first kappa shape index (κ1) is 19.3. The molecule has 0 radical (unpaired) electrons. The highest BCUT2D eigenvalue weighted by molar-refractivity contribution is 6.75. The van der Waals surface area contributed by atoms with Crippen molar-refractivity contribution in [3.05, 3.63) is 30.3 Å². The Bertz CT molecular complexity index is 425. The molecule has 0 aliphatic carbocycles. The highest BCUT2D eigenvalue weighted by Crippen LogP contribution is 2.25. The van der Waals surface area contributed by atoms with Gasteiger partial charge < -0.3 is 19.0 Å². The second-order valence-electron chi connectivity index (χ2n) is 6.66. The van der Waals surface area contributed by atoms with Crippen LogP contribution < -0.4 is 10.9 Å². The molecule has 5 heteroatoms. The largest absolute Gasteiger partial charge is 0.538 e. The first-order valence-corrected chi connectivity index (χ1v) is 9.74. The highest BCUT2D eigenvalue weighted by Gasteiger charge is 2.49. The van der Waals surface area contributed by atoms with Crippen LogP contribution in [-0.2, 0) is 13.3 Å². The second-order valence-corrected chi connectivity index (χ2v) is 9.02. The molecule has 1 aromatic carbocycles. The summed E-state index contributed by atoms with van der Waals surface area (Å²) in [5.74, 6) is 0. The summed E-state index contributed by atoms with van der Waals surface area (Å²) in [4.78, 5) is 0. The van der Waals surface area contributed by atoms with Crippen LogP contribution in [0.1, 0.15) is 48.0 Å². The Kier molecular flexibility index (Phi) is 7.22. The van der Waals surface area contributed by atoms with Crippen LogP contribution >= 0.6 is 0 Å². The van der Waals surface area contributed by atoms with Gasteiger partial charge in [-0.25, -0.2) is 0 Å². The van der Waals surface area contributed by atoms with Crippen molar-refractivity contribution in [2.75, 3.05) is 6.54 Å². The van der Waals surface area contributed by atoms with Crippen molar-refractivity contribution < 1.29 is 13.3 Å². The van der Waals surface area contributed by atoms with Crippen LogP contribution in [0, 0.1) is 0 Å². The zero-order valence-corrected chi connectivity index (χ0v) is 15.8. The smallest absolute Gasteiger partial charge is 0.367 e. The lowest BCUT2D eigenvalue weighted by Gasteiger charge is -2.39. The van der Waals surface area contributed by atoms with Crippen LogP contribution in [0.3, 0.4) is 0 Å². The first-order valence-electron chi connectivity index (χ1n) is 8.02. The third-order valence-electron chi connectivity index (χ3n) is 3.07. The molecule has 2 N–H and O–H groups in total. The molecule has 0 amide bonds. The molecule has 0 spiro atoms. The molecule has 4 nitrogen and oxygen atoms in total. The molecule has 0 saturated carbocycles. The summed E-state index contributed by atoms with van der Waals surface area (Å²) in [5, 5.41) is 0.988. The fourth-order valence-corrected chi connectivity index (χ4v) is 5.51. The molecule has 0 aromatic heterocycles. The van der Waals surface area contributed by atoms with E-state index in [1.807, 2.05) is 71.9 Å². The van der Waals surface area contributed by atoms with Gasteiger partial charge in [-0.15, -0.1) is 0 Å². The van der Waals surface area contributed by atoms with E-state index in [1.54, 1.807) is 0 Å². The fraction of sp³-hybridized carbons (Fsp3) is 0.647. The Balaban J connectivity index is 3.25. The van der Waals surface area contributed by atoms with E-state index in [0.717, 1.165) is 11.6 Å². The van der Waals surface area contributed by atoms with Crippen molar-refractivity contribution in [2.45, 2.75) is 65.8 Å². The maximum atomic E-state index is 6.49. The van der Waals surface area contributed by atoms with Crippen LogP contribution in [0.25, 0.3) is 0 Å². The molecule has 0 unspecified atom stereocenters. The van der Waals surface area contributed by atoms with Crippen molar-refractivity contribution >= 4 is 14.0 Å². The van der Waals surface area contributed by atoms with Crippen molar-refractivity contribution in [1.29, 1.82) is 0 Å². The summed E-state index contributed by atoms with van der Waals surface area (Å²) in [7, 11) is -3.03. The Morgan fingerprint density at radius 3 is 1.91 bits per heavy atom. The topological polar surface area (TPSA) is 53.7 Å². The molecule has 0 bridgehead atoms. The number of hydrogen-bond donors (Lipinski definition) is 1. The Morgan fingerprint density at radius 1 is 1.00 bits per heavy atom. The zero-order valence-electron chi connectivity index (χ0n) is 14.8. The van der Waals surface area contributed by atoms with Crippen LogP contribution in [-0.4, -0.2) is 33.2 Å². The van der Waals surface area contributed by atoms with Gasteiger partial charge in [0.2, 0.25) is 0 Å². The normalized spacial score (nSPS) is 13.1.